The molecule has 22 heavy (non-hydrogen) atoms. The Morgan fingerprint density at radius 3 is 2.45 bits per heavy atom. The zero-order valence-corrected chi connectivity index (χ0v) is 12.8. The predicted octanol–water partition coefficient (Wildman–Crippen LogP) is 1.02. The lowest BCUT2D eigenvalue weighted by atomic mass is 9.99. The molecule has 7 nitrogen and oxygen atoms in total. The summed E-state index contributed by atoms with van der Waals surface area (Å²) in [5.74, 6) is 0.219. The van der Waals surface area contributed by atoms with Crippen LogP contribution in [-0.4, -0.2) is 21.8 Å². The number of carbonyl (C=O) groups excluding carboxylic acids is 1. The Hall–Kier alpha value is -2.48. The van der Waals surface area contributed by atoms with E-state index in [-0.39, 0.29) is 5.82 Å². The van der Waals surface area contributed by atoms with Gasteiger partial charge < -0.3 is 5.32 Å². The Bertz CT molecular complexity index is 854. The number of amides is 2. The van der Waals surface area contributed by atoms with Crippen LogP contribution in [0.25, 0.3) is 0 Å². The topological polar surface area (TPSA) is 96.0 Å². The second-order valence-electron chi connectivity index (χ2n) is 4.89. The van der Waals surface area contributed by atoms with Crippen LogP contribution in [0.5, 0.6) is 0 Å². The highest BCUT2D eigenvalue weighted by Crippen LogP contribution is 2.28. The summed E-state index contributed by atoms with van der Waals surface area (Å²) in [7, 11) is 1.50. The van der Waals surface area contributed by atoms with Gasteiger partial charge in [-0.25, -0.2) is 9.59 Å². The van der Waals surface area contributed by atoms with E-state index >= 15 is 0 Å². The van der Waals surface area contributed by atoms with Crippen LogP contribution in [0.1, 0.15) is 17.2 Å². The van der Waals surface area contributed by atoms with Crippen molar-refractivity contribution >= 4 is 23.6 Å². The summed E-state index contributed by atoms with van der Waals surface area (Å²) in [4.78, 5) is 39.1. The van der Waals surface area contributed by atoms with Gasteiger partial charge in [-0.2, -0.15) is 0 Å². The van der Waals surface area contributed by atoms with Crippen molar-refractivity contribution in [3.05, 3.63) is 56.2 Å². The van der Waals surface area contributed by atoms with Gasteiger partial charge in [-0.15, -0.1) is 11.8 Å². The number of rotatable bonds is 2. The molecule has 0 radical (unpaired) electrons. The minimum absolute atomic E-state index is 0.219. The molecule has 0 fully saturated rings. The van der Waals surface area contributed by atoms with E-state index in [1.54, 1.807) is 11.8 Å². The maximum absolute atomic E-state index is 12.2. The lowest BCUT2D eigenvalue weighted by molar-refractivity contribution is 0.248. The summed E-state index contributed by atoms with van der Waals surface area (Å²) >= 11 is 1.60. The molecule has 0 spiro atoms. The van der Waals surface area contributed by atoms with Crippen molar-refractivity contribution in [3.63, 3.8) is 0 Å². The van der Waals surface area contributed by atoms with Crippen LogP contribution < -0.4 is 21.9 Å². The number of aromatic nitrogens is 2. The zero-order chi connectivity index (χ0) is 15.9. The first-order chi connectivity index (χ1) is 10.5. The van der Waals surface area contributed by atoms with Crippen LogP contribution in [0.2, 0.25) is 0 Å². The number of fused-ring (bicyclic) bond motifs is 1. The second-order valence-corrected chi connectivity index (χ2v) is 5.76. The maximum atomic E-state index is 12.2. The molecule has 3 N–H and O–H groups in total. The fraction of sp³-hybridized carbons (Fsp3) is 0.214. The molecule has 2 heterocycles. The van der Waals surface area contributed by atoms with E-state index in [1.807, 2.05) is 30.5 Å². The predicted molar refractivity (Wildman–Crippen MR) is 84.5 cm³/mol. The lowest BCUT2D eigenvalue weighted by Gasteiger charge is -2.27. The van der Waals surface area contributed by atoms with E-state index in [0.717, 1.165) is 10.5 Å². The van der Waals surface area contributed by atoms with Gasteiger partial charge in [0.05, 0.1) is 11.6 Å². The Kier molecular flexibility index (Phi) is 3.53. The first-order valence-electron chi connectivity index (χ1n) is 6.56. The van der Waals surface area contributed by atoms with E-state index in [0.29, 0.717) is 5.56 Å². The standard InChI is InChI=1S/C14H14N4O3S/c1-18-11-9(12(19)17-14(18)21)10(15-13(20)16-11)7-3-5-8(22-2)6-4-7/h3-6,10H,1-2H3,(H2,15,16,20)(H,17,19,21). The first-order valence-corrected chi connectivity index (χ1v) is 7.78. The molecule has 0 saturated heterocycles. The number of aromatic amines is 1. The van der Waals surface area contributed by atoms with Crippen molar-refractivity contribution in [2.45, 2.75) is 10.9 Å². The van der Waals surface area contributed by atoms with Crippen LogP contribution in [0.15, 0.2) is 38.8 Å². The number of nitrogens with zero attached hydrogens (tertiary/aromatic N) is 1. The smallest absolute Gasteiger partial charge is 0.327 e. The molecule has 8 heteroatoms. The second kappa shape index (κ2) is 5.38. The van der Waals surface area contributed by atoms with E-state index in [4.69, 9.17) is 0 Å². The van der Waals surface area contributed by atoms with Crippen LogP contribution in [0.3, 0.4) is 0 Å². The molecule has 1 aliphatic rings. The minimum Gasteiger partial charge on any atom is -0.327 e. The molecule has 1 aromatic heterocycles. The van der Waals surface area contributed by atoms with Crippen molar-refractivity contribution in [2.75, 3.05) is 11.6 Å². The Labute approximate surface area is 129 Å². The summed E-state index contributed by atoms with van der Waals surface area (Å²) in [5.41, 5.74) is 0.0172. The van der Waals surface area contributed by atoms with E-state index < -0.39 is 23.3 Å². The number of hydrogen-bond donors (Lipinski definition) is 3. The number of thioether (sulfide) groups is 1. The third kappa shape index (κ3) is 2.31. The molecule has 1 aromatic carbocycles. The summed E-state index contributed by atoms with van der Waals surface area (Å²) < 4.78 is 1.22. The molecular formula is C14H14N4O3S. The third-order valence-corrected chi connectivity index (χ3v) is 4.35. The van der Waals surface area contributed by atoms with Gasteiger partial charge in [0.1, 0.15) is 5.82 Å². The van der Waals surface area contributed by atoms with E-state index in [9.17, 15) is 14.4 Å². The monoisotopic (exact) mass is 318 g/mol. The molecule has 2 amide bonds. The summed E-state index contributed by atoms with van der Waals surface area (Å²) in [6.45, 7) is 0. The van der Waals surface area contributed by atoms with Crippen LogP contribution >= 0.6 is 11.8 Å². The van der Waals surface area contributed by atoms with Crippen molar-refractivity contribution in [1.82, 2.24) is 14.9 Å². The summed E-state index contributed by atoms with van der Waals surface area (Å²) in [5, 5.41) is 5.24. The number of urea groups is 1. The molecule has 1 atom stereocenters. The van der Waals surface area contributed by atoms with Gasteiger partial charge in [-0.1, -0.05) is 12.1 Å². The Balaban J connectivity index is 2.19. The number of carbonyl (C=O) groups is 1. The average molecular weight is 318 g/mol. The van der Waals surface area contributed by atoms with Crippen molar-refractivity contribution < 1.29 is 4.79 Å². The molecule has 0 saturated carbocycles. The van der Waals surface area contributed by atoms with Gasteiger partial charge in [-0.3, -0.25) is 19.7 Å². The molecule has 3 rings (SSSR count). The van der Waals surface area contributed by atoms with Gasteiger partial charge in [0.15, 0.2) is 0 Å². The normalized spacial score (nSPS) is 16.6. The quantitative estimate of drug-likeness (QED) is 0.720. The molecule has 114 valence electrons. The molecule has 1 unspecified atom stereocenters. The Morgan fingerprint density at radius 2 is 1.82 bits per heavy atom. The lowest BCUT2D eigenvalue weighted by Crippen LogP contribution is -2.46. The van der Waals surface area contributed by atoms with Crippen molar-refractivity contribution in [2.24, 2.45) is 7.05 Å². The third-order valence-electron chi connectivity index (χ3n) is 3.61. The summed E-state index contributed by atoms with van der Waals surface area (Å²) in [6.07, 6.45) is 1.97. The molecular weight excluding hydrogens is 304 g/mol. The molecule has 2 aromatic rings. The van der Waals surface area contributed by atoms with Crippen LogP contribution in [-0.2, 0) is 7.05 Å². The first kappa shape index (κ1) is 14.5. The maximum Gasteiger partial charge on any atom is 0.329 e. The Morgan fingerprint density at radius 1 is 1.14 bits per heavy atom. The summed E-state index contributed by atoms with van der Waals surface area (Å²) in [6, 6.07) is 6.50. The zero-order valence-electron chi connectivity index (χ0n) is 12.0. The van der Waals surface area contributed by atoms with Crippen LogP contribution in [0.4, 0.5) is 10.6 Å². The highest BCUT2D eigenvalue weighted by Gasteiger charge is 2.30. The van der Waals surface area contributed by atoms with Gasteiger partial charge >= 0.3 is 11.7 Å². The SMILES string of the molecule is CSc1ccc(C2NC(=O)Nc3c2c(=O)[nH]c(=O)n3C)cc1. The minimum atomic E-state index is -0.602. The van der Waals surface area contributed by atoms with Crippen LogP contribution in [0, 0.1) is 0 Å². The molecule has 0 aliphatic carbocycles. The molecule has 1 aliphatic heterocycles. The highest BCUT2D eigenvalue weighted by molar-refractivity contribution is 7.98. The number of hydrogen-bond acceptors (Lipinski definition) is 4. The fourth-order valence-electron chi connectivity index (χ4n) is 2.45. The van der Waals surface area contributed by atoms with Gasteiger partial charge in [0, 0.05) is 11.9 Å². The average Bonchev–Trinajstić information content (AvgIpc) is 2.52. The molecule has 0 bridgehead atoms. The van der Waals surface area contributed by atoms with Gasteiger partial charge in [0.25, 0.3) is 5.56 Å². The van der Waals surface area contributed by atoms with E-state index in [2.05, 4.69) is 15.6 Å². The number of nitrogens with one attached hydrogen (secondary N) is 3. The van der Waals surface area contributed by atoms with E-state index in [1.165, 1.54) is 11.6 Å². The van der Waals surface area contributed by atoms with Crippen molar-refractivity contribution in [1.29, 1.82) is 0 Å². The van der Waals surface area contributed by atoms with Gasteiger partial charge in [0.2, 0.25) is 0 Å². The van der Waals surface area contributed by atoms with Crippen molar-refractivity contribution in [3.8, 4) is 0 Å². The van der Waals surface area contributed by atoms with Gasteiger partial charge in [-0.05, 0) is 24.0 Å². The number of benzene rings is 1. The highest BCUT2D eigenvalue weighted by atomic mass is 32.2. The number of anilines is 1. The largest absolute Gasteiger partial charge is 0.329 e. The number of H-pyrrole nitrogens is 1. The fourth-order valence-corrected chi connectivity index (χ4v) is 2.86.